The molecular formula is C12H15NO4. The van der Waals surface area contributed by atoms with E-state index in [1.165, 1.54) is 12.1 Å². The fraction of sp³-hybridized carbons (Fsp3) is 0.417. The smallest absolute Gasteiger partial charge is 0.339 e. The first-order chi connectivity index (χ1) is 8.16. The van der Waals surface area contributed by atoms with E-state index in [1.807, 2.05) is 0 Å². The topological polar surface area (TPSA) is 78.8 Å². The molecule has 3 N–H and O–H groups in total. The van der Waals surface area contributed by atoms with Gasteiger partial charge < -0.3 is 20.3 Å². The molecule has 1 aliphatic rings. The maximum absolute atomic E-state index is 10.7. The average molecular weight is 237 g/mol. The van der Waals surface area contributed by atoms with Gasteiger partial charge in [-0.3, -0.25) is 0 Å². The van der Waals surface area contributed by atoms with Crippen LogP contribution < -0.4 is 10.1 Å². The Morgan fingerprint density at radius 2 is 2.06 bits per heavy atom. The molecular weight excluding hydrogens is 222 g/mol. The lowest BCUT2D eigenvalue weighted by Gasteiger charge is -2.23. The molecule has 5 nitrogen and oxygen atoms in total. The van der Waals surface area contributed by atoms with Crippen LogP contribution in [0.1, 0.15) is 23.2 Å². The Kier molecular flexibility index (Phi) is 3.49. The summed E-state index contributed by atoms with van der Waals surface area (Å²) in [7, 11) is 0. The van der Waals surface area contributed by atoms with Crippen molar-refractivity contribution in [3.63, 3.8) is 0 Å². The predicted octanol–water partition coefficient (Wildman–Crippen LogP) is 1.22. The van der Waals surface area contributed by atoms with Crippen LogP contribution in [0.5, 0.6) is 11.5 Å². The number of hydrogen-bond donors (Lipinski definition) is 3. The van der Waals surface area contributed by atoms with E-state index in [0.717, 1.165) is 25.9 Å². The molecule has 0 radical (unpaired) electrons. The second-order valence-electron chi connectivity index (χ2n) is 4.05. The normalized spacial score (nSPS) is 16.7. The Hall–Kier alpha value is -1.75. The lowest BCUT2D eigenvalue weighted by Crippen LogP contribution is -2.34. The van der Waals surface area contributed by atoms with E-state index in [2.05, 4.69) is 5.32 Å². The number of rotatable bonds is 3. The number of phenols is 1. The third-order valence-electron chi connectivity index (χ3n) is 2.79. The van der Waals surface area contributed by atoms with Crippen LogP contribution >= 0.6 is 0 Å². The molecule has 2 rings (SSSR count). The van der Waals surface area contributed by atoms with Crippen molar-refractivity contribution < 1.29 is 19.7 Å². The Balaban J connectivity index is 2.06. The zero-order valence-corrected chi connectivity index (χ0v) is 9.35. The summed E-state index contributed by atoms with van der Waals surface area (Å²) < 4.78 is 5.68. The van der Waals surface area contributed by atoms with Crippen LogP contribution in [-0.2, 0) is 0 Å². The molecule has 1 saturated heterocycles. The highest BCUT2D eigenvalue weighted by Crippen LogP contribution is 2.25. The standard InChI is InChI=1S/C12H15NO4/c14-11-7-9(1-2-10(11)12(15)16)17-8-3-5-13-6-4-8/h1-2,7-8,13-14H,3-6H2,(H,15,16). The number of hydrogen-bond acceptors (Lipinski definition) is 4. The van der Waals surface area contributed by atoms with Gasteiger partial charge in [-0.25, -0.2) is 4.79 Å². The molecule has 1 aromatic rings. The summed E-state index contributed by atoms with van der Waals surface area (Å²) in [6.07, 6.45) is 1.97. The SMILES string of the molecule is O=C(O)c1ccc(OC2CCNCC2)cc1O. The minimum absolute atomic E-state index is 0.109. The molecule has 1 aliphatic heterocycles. The third kappa shape index (κ3) is 2.88. The summed E-state index contributed by atoms with van der Waals surface area (Å²) in [5.74, 6) is -0.890. The summed E-state index contributed by atoms with van der Waals surface area (Å²) >= 11 is 0. The quantitative estimate of drug-likeness (QED) is 0.736. The van der Waals surface area contributed by atoms with Gasteiger partial charge in [-0.2, -0.15) is 0 Å². The van der Waals surface area contributed by atoms with E-state index in [-0.39, 0.29) is 17.4 Å². The van der Waals surface area contributed by atoms with E-state index in [1.54, 1.807) is 6.07 Å². The average Bonchev–Trinajstić information content (AvgIpc) is 2.30. The van der Waals surface area contributed by atoms with Gasteiger partial charge in [-0.15, -0.1) is 0 Å². The molecule has 0 aliphatic carbocycles. The van der Waals surface area contributed by atoms with E-state index in [9.17, 15) is 9.90 Å². The monoisotopic (exact) mass is 237 g/mol. The minimum Gasteiger partial charge on any atom is -0.507 e. The van der Waals surface area contributed by atoms with Crippen molar-refractivity contribution in [1.29, 1.82) is 0 Å². The molecule has 0 unspecified atom stereocenters. The van der Waals surface area contributed by atoms with Crippen molar-refractivity contribution in [3.05, 3.63) is 23.8 Å². The van der Waals surface area contributed by atoms with E-state index < -0.39 is 5.97 Å². The fourth-order valence-corrected chi connectivity index (χ4v) is 1.87. The molecule has 0 saturated carbocycles. The summed E-state index contributed by atoms with van der Waals surface area (Å²) in [6.45, 7) is 1.84. The van der Waals surface area contributed by atoms with Gasteiger partial charge >= 0.3 is 5.97 Å². The van der Waals surface area contributed by atoms with Crippen LogP contribution in [0.4, 0.5) is 0 Å². The Bertz CT molecular complexity index is 413. The lowest BCUT2D eigenvalue weighted by atomic mass is 10.1. The van der Waals surface area contributed by atoms with Gasteiger partial charge in [0.15, 0.2) is 0 Å². The maximum atomic E-state index is 10.7. The molecule has 5 heteroatoms. The van der Waals surface area contributed by atoms with Gasteiger partial charge in [-0.05, 0) is 38.1 Å². The number of carboxylic acids is 1. The van der Waals surface area contributed by atoms with Crippen molar-refractivity contribution >= 4 is 5.97 Å². The van der Waals surface area contributed by atoms with Gasteiger partial charge in [-0.1, -0.05) is 0 Å². The van der Waals surface area contributed by atoms with Crippen molar-refractivity contribution in [1.82, 2.24) is 5.32 Å². The molecule has 92 valence electrons. The second kappa shape index (κ2) is 5.05. The molecule has 0 bridgehead atoms. The number of carbonyl (C=O) groups is 1. The Morgan fingerprint density at radius 3 is 2.65 bits per heavy atom. The Morgan fingerprint density at radius 1 is 1.35 bits per heavy atom. The van der Waals surface area contributed by atoms with Crippen LogP contribution in [-0.4, -0.2) is 35.4 Å². The molecule has 1 aromatic carbocycles. The lowest BCUT2D eigenvalue weighted by molar-refractivity contribution is 0.0693. The van der Waals surface area contributed by atoms with Gasteiger partial charge in [0.05, 0.1) is 0 Å². The number of benzene rings is 1. The predicted molar refractivity (Wildman–Crippen MR) is 61.6 cm³/mol. The summed E-state index contributed by atoms with van der Waals surface area (Å²) in [4.78, 5) is 10.7. The molecule has 0 aromatic heterocycles. The first-order valence-corrected chi connectivity index (χ1v) is 5.60. The van der Waals surface area contributed by atoms with Gasteiger partial charge in [0.1, 0.15) is 23.2 Å². The molecule has 0 atom stereocenters. The van der Waals surface area contributed by atoms with Gasteiger partial charge in [0.25, 0.3) is 0 Å². The molecule has 1 heterocycles. The van der Waals surface area contributed by atoms with Gasteiger partial charge in [0.2, 0.25) is 0 Å². The van der Waals surface area contributed by atoms with Crippen molar-refractivity contribution in [2.24, 2.45) is 0 Å². The van der Waals surface area contributed by atoms with E-state index >= 15 is 0 Å². The maximum Gasteiger partial charge on any atom is 0.339 e. The molecule has 0 amide bonds. The van der Waals surface area contributed by atoms with Crippen molar-refractivity contribution in [3.8, 4) is 11.5 Å². The van der Waals surface area contributed by atoms with Crippen LogP contribution in [0.3, 0.4) is 0 Å². The summed E-state index contributed by atoms with van der Waals surface area (Å²) in [6, 6.07) is 4.28. The number of nitrogens with one attached hydrogen (secondary N) is 1. The number of aromatic hydroxyl groups is 1. The second-order valence-corrected chi connectivity index (χ2v) is 4.05. The highest BCUT2D eigenvalue weighted by atomic mass is 16.5. The molecule has 17 heavy (non-hydrogen) atoms. The van der Waals surface area contributed by atoms with Gasteiger partial charge in [0, 0.05) is 6.07 Å². The van der Waals surface area contributed by atoms with Crippen molar-refractivity contribution in [2.75, 3.05) is 13.1 Å². The fourth-order valence-electron chi connectivity index (χ4n) is 1.87. The van der Waals surface area contributed by atoms with Crippen LogP contribution in [0.25, 0.3) is 0 Å². The minimum atomic E-state index is -1.14. The number of aromatic carboxylic acids is 1. The summed E-state index contributed by atoms with van der Waals surface area (Å²) in [5, 5.41) is 21.5. The van der Waals surface area contributed by atoms with E-state index in [0.29, 0.717) is 5.75 Å². The summed E-state index contributed by atoms with van der Waals surface area (Å²) in [5.41, 5.74) is -0.109. The Labute approximate surface area is 99.0 Å². The van der Waals surface area contributed by atoms with Crippen LogP contribution in [0.2, 0.25) is 0 Å². The van der Waals surface area contributed by atoms with Crippen LogP contribution in [0.15, 0.2) is 18.2 Å². The van der Waals surface area contributed by atoms with E-state index in [4.69, 9.17) is 9.84 Å². The number of ether oxygens (including phenoxy) is 1. The number of piperidine rings is 1. The highest BCUT2D eigenvalue weighted by molar-refractivity contribution is 5.90. The third-order valence-corrected chi connectivity index (χ3v) is 2.79. The zero-order valence-electron chi connectivity index (χ0n) is 9.35. The largest absolute Gasteiger partial charge is 0.507 e. The first-order valence-electron chi connectivity index (χ1n) is 5.60. The molecule has 1 fully saturated rings. The van der Waals surface area contributed by atoms with Crippen molar-refractivity contribution in [2.45, 2.75) is 18.9 Å². The first kappa shape index (κ1) is 11.7. The zero-order chi connectivity index (χ0) is 12.3. The highest BCUT2D eigenvalue weighted by Gasteiger charge is 2.16. The number of carboxylic acid groups (broad SMARTS) is 1. The van der Waals surface area contributed by atoms with Crippen LogP contribution in [0, 0.1) is 0 Å². The molecule has 0 spiro atoms.